The molecular formula is C8H18N2O. The summed E-state index contributed by atoms with van der Waals surface area (Å²) in [7, 11) is 2.13. The Bertz CT molecular complexity index is 117. The first-order chi connectivity index (χ1) is 5.20. The number of ether oxygens (including phenoxy) is 1. The molecular weight excluding hydrogens is 140 g/mol. The smallest absolute Gasteiger partial charge is 0.0622 e. The Hall–Kier alpha value is -0.120. The zero-order valence-electron chi connectivity index (χ0n) is 7.42. The molecule has 0 aromatic heterocycles. The number of nitrogens with zero attached hydrogens (tertiary/aromatic N) is 1. The lowest BCUT2D eigenvalue weighted by Crippen LogP contribution is -2.45. The molecule has 1 saturated heterocycles. The van der Waals surface area contributed by atoms with E-state index in [2.05, 4.69) is 11.9 Å². The van der Waals surface area contributed by atoms with Gasteiger partial charge in [0, 0.05) is 18.6 Å². The minimum absolute atomic E-state index is 0.282. The topological polar surface area (TPSA) is 38.5 Å². The molecule has 1 rings (SSSR count). The monoisotopic (exact) mass is 158 g/mol. The van der Waals surface area contributed by atoms with E-state index < -0.39 is 0 Å². The number of likely N-dealkylation sites (N-methyl/N-ethyl adjacent to an activating group) is 1. The van der Waals surface area contributed by atoms with Crippen molar-refractivity contribution in [2.24, 2.45) is 5.73 Å². The first kappa shape index (κ1) is 8.97. The van der Waals surface area contributed by atoms with E-state index in [9.17, 15) is 0 Å². The van der Waals surface area contributed by atoms with Gasteiger partial charge in [-0.25, -0.2) is 0 Å². The Balaban J connectivity index is 2.29. The van der Waals surface area contributed by atoms with Gasteiger partial charge in [0.05, 0.1) is 13.2 Å². The summed E-state index contributed by atoms with van der Waals surface area (Å²) < 4.78 is 5.36. The van der Waals surface area contributed by atoms with Gasteiger partial charge < -0.3 is 10.5 Å². The summed E-state index contributed by atoms with van der Waals surface area (Å²) in [6.07, 6.45) is 1.04. The molecule has 0 aromatic carbocycles. The summed E-state index contributed by atoms with van der Waals surface area (Å²) in [6.45, 7) is 4.80. The minimum Gasteiger partial charge on any atom is -0.378 e. The van der Waals surface area contributed by atoms with Crippen LogP contribution in [0.4, 0.5) is 0 Å². The van der Waals surface area contributed by atoms with Crippen LogP contribution in [0.2, 0.25) is 0 Å². The fourth-order valence-corrected chi connectivity index (χ4v) is 1.41. The van der Waals surface area contributed by atoms with Crippen LogP contribution in [0, 0.1) is 0 Å². The van der Waals surface area contributed by atoms with Gasteiger partial charge in [-0.15, -0.1) is 0 Å². The Morgan fingerprint density at radius 2 is 2.45 bits per heavy atom. The third-order valence-corrected chi connectivity index (χ3v) is 2.17. The predicted molar refractivity (Wildman–Crippen MR) is 45.5 cm³/mol. The van der Waals surface area contributed by atoms with Crippen LogP contribution in [0.25, 0.3) is 0 Å². The van der Waals surface area contributed by atoms with Gasteiger partial charge in [0.1, 0.15) is 0 Å². The molecule has 66 valence electrons. The molecule has 0 amide bonds. The Kier molecular flexibility index (Phi) is 3.30. The molecule has 1 fully saturated rings. The van der Waals surface area contributed by atoms with Crippen LogP contribution in [0.15, 0.2) is 0 Å². The lowest BCUT2D eigenvalue weighted by Gasteiger charge is -2.33. The van der Waals surface area contributed by atoms with Crippen LogP contribution in [0.3, 0.4) is 0 Å². The van der Waals surface area contributed by atoms with Crippen molar-refractivity contribution in [2.45, 2.75) is 25.4 Å². The number of morpholine rings is 1. The van der Waals surface area contributed by atoms with Crippen molar-refractivity contribution >= 4 is 0 Å². The lowest BCUT2D eigenvalue weighted by atomic mass is 10.1. The molecule has 3 heteroatoms. The fraction of sp³-hybridized carbons (Fsp3) is 1.00. The van der Waals surface area contributed by atoms with Gasteiger partial charge in [-0.1, -0.05) is 0 Å². The highest BCUT2D eigenvalue weighted by molar-refractivity contribution is 4.75. The maximum atomic E-state index is 5.70. The van der Waals surface area contributed by atoms with Gasteiger partial charge in [-0.05, 0) is 20.4 Å². The second kappa shape index (κ2) is 4.04. The van der Waals surface area contributed by atoms with E-state index in [4.69, 9.17) is 10.5 Å². The molecule has 11 heavy (non-hydrogen) atoms. The van der Waals surface area contributed by atoms with E-state index in [1.807, 2.05) is 6.92 Å². The van der Waals surface area contributed by atoms with Gasteiger partial charge in [0.25, 0.3) is 0 Å². The Labute approximate surface area is 68.5 Å². The van der Waals surface area contributed by atoms with Gasteiger partial charge in [-0.2, -0.15) is 0 Å². The molecule has 0 aliphatic carbocycles. The molecule has 0 aromatic rings. The van der Waals surface area contributed by atoms with E-state index in [0.29, 0.717) is 6.04 Å². The van der Waals surface area contributed by atoms with Gasteiger partial charge in [-0.3, -0.25) is 4.90 Å². The third-order valence-electron chi connectivity index (χ3n) is 2.17. The van der Waals surface area contributed by atoms with Crippen LogP contribution in [-0.2, 0) is 4.74 Å². The van der Waals surface area contributed by atoms with Crippen molar-refractivity contribution in [3.63, 3.8) is 0 Å². The molecule has 2 N–H and O–H groups in total. The normalized spacial score (nSPS) is 30.3. The summed E-state index contributed by atoms with van der Waals surface area (Å²) in [6, 6.07) is 0.813. The maximum absolute atomic E-state index is 5.70. The van der Waals surface area contributed by atoms with Crippen molar-refractivity contribution in [3.8, 4) is 0 Å². The van der Waals surface area contributed by atoms with E-state index in [-0.39, 0.29) is 6.04 Å². The highest BCUT2D eigenvalue weighted by Gasteiger charge is 2.19. The van der Waals surface area contributed by atoms with Crippen LogP contribution >= 0.6 is 0 Å². The van der Waals surface area contributed by atoms with E-state index in [1.165, 1.54) is 0 Å². The third kappa shape index (κ3) is 2.77. The number of hydrogen-bond acceptors (Lipinski definition) is 3. The largest absolute Gasteiger partial charge is 0.378 e. The molecule has 1 heterocycles. The van der Waals surface area contributed by atoms with Crippen LogP contribution in [0.5, 0.6) is 0 Å². The summed E-state index contributed by atoms with van der Waals surface area (Å²) >= 11 is 0. The van der Waals surface area contributed by atoms with Crippen LogP contribution in [0.1, 0.15) is 13.3 Å². The molecule has 1 aliphatic heterocycles. The lowest BCUT2D eigenvalue weighted by molar-refractivity contribution is 0.00122. The maximum Gasteiger partial charge on any atom is 0.0622 e. The van der Waals surface area contributed by atoms with Crippen molar-refractivity contribution in [3.05, 3.63) is 0 Å². The molecule has 3 nitrogen and oxygen atoms in total. The van der Waals surface area contributed by atoms with Crippen molar-refractivity contribution < 1.29 is 4.74 Å². The van der Waals surface area contributed by atoms with Crippen LogP contribution < -0.4 is 5.73 Å². The van der Waals surface area contributed by atoms with Gasteiger partial charge in [0.15, 0.2) is 0 Å². The van der Waals surface area contributed by atoms with Gasteiger partial charge in [0.2, 0.25) is 0 Å². The minimum atomic E-state index is 0.282. The summed E-state index contributed by atoms with van der Waals surface area (Å²) in [5.41, 5.74) is 5.70. The first-order valence-electron chi connectivity index (χ1n) is 4.23. The molecule has 0 bridgehead atoms. The molecule has 0 saturated carbocycles. The summed E-state index contributed by atoms with van der Waals surface area (Å²) in [5, 5.41) is 0. The van der Waals surface area contributed by atoms with E-state index >= 15 is 0 Å². The average Bonchev–Trinajstić information content (AvgIpc) is 1.93. The SMILES string of the molecule is CC(N)CC1COCCN1C. The standard InChI is InChI=1S/C8H18N2O/c1-7(9)5-8-6-11-4-3-10(8)2/h7-8H,3-6,9H2,1-2H3. The second-order valence-corrected chi connectivity index (χ2v) is 3.42. The molecule has 0 radical (unpaired) electrons. The molecule has 2 unspecified atom stereocenters. The molecule has 2 atom stereocenters. The van der Waals surface area contributed by atoms with E-state index in [0.717, 1.165) is 26.2 Å². The highest BCUT2D eigenvalue weighted by Crippen LogP contribution is 2.08. The number of nitrogens with two attached hydrogens (primary N) is 1. The van der Waals surface area contributed by atoms with Crippen molar-refractivity contribution in [1.82, 2.24) is 4.90 Å². The summed E-state index contributed by atoms with van der Waals surface area (Å²) in [5.74, 6) is 0. The van der Waals surface area contributed by atoms with Crippen molar-refractivity contribution in [2.75, 3.05) is 26.8 Å². The first-order valence-corrected chi connectivity index (χ1v) is 4.23. The zero-order valence-corrected chi connectivity index (χ0v) is 7.42. The van der Waals surface area contributed by atoms with Crippen LogP contribution in [-0.4, -0.2) is 43.8 Å². The Morgan fingerprint density at radius 1 is 1.73 bits per heavy atom. The zero-order chi connectivity index (χ0) is 8.27. The molecule has 0 spiro atoms. The quantitative estimate of drug-likeness (QED) is 0.617. The van der Waals surface area contributed by atoms with E-state index in [1.54, 1.807) is 0 Å². The summed E-state index contributed by atoms with van der Waals surface area (Å²) in [4.78, 5) is 2.33. The highest BCUT2D eigenvalue weighted by atomic mass is 16.5. The second-order valence-electron chi connectivity index (χ2n) is 3.42. The number of hydrogen-bond donors (Lipinski definition) is 1. The Morgan fingerprint density at radius 3 is 3.00 bits per heavy atom. The average molecular weight is 158 g/mol. The predicted octanol–water partition coefficient (Wildman–Crippen LogP) is 0.0543. The van der Waals surface area contributed by atoms with Gasteiger partial charge >= 0.3 is 0 Å². The number of rotatable bonds is 2. The molecule has 1 aliphatic rings. The van der Waals surface area contributed by atoms with Crippen molar-refractivity contribution in [1.29, 1.82) is 0 Å². The fourth-order valence-electron chi connectivity index (χ4n) is 1.41.